The van der Waals surface area contributed by atoms with Crippen LogP contribution in [0.3, 0.4) is 0 Å². The molecule has 0 unspecified atom stereocenters. The van der Waals surface area contributed by atoms with E-state index in [1.54, 1.807) is 32.0 Å². The summed E-state index contributed by atoms with van der Waals surface area (Å²) in [5.41, 5.74) is 2.40. The molecule has 0 amide bonds. The number of anilines is 1. The lowest BCUT2D eigenvalue weighted by Gasteiger charge is -2.21. The highest BCUT2D eigenvalue weighted by Gasteiger charge is 2.33. The van der Waals surface area contributed by atoms with E-state index in [0.717, 1.165) is 5.56 Å². The van der Waals surface area contributed by atoms with Crippen molar-refractivity contribution in [2.45, 2.75) is 25.2 Å². The number of sulfonamides is 1. The molecule has 0 saturated carbocycles. The Hall–Kier alpha value is -2.41. The molecule has 0 bridgehead atoms. The van der Waals surface area contributed by atoms with Gasteiger partial charge >= 0.3 is 0 Å². The maximum atomic E-state index is 13.0. The van der Waals surface area contributed by atoms with Gasteiger partial charge in [0, 0.05) is 18.2 Å². The van der Waals surface area contributed by atoms with Crippen molar-refractivity contribution in [3.8, 4) is 0 Å². The van der Waals surface area contributed by atoms with Crippen LogP contribution in [0.2, 0.25) is 0 Å². The highest BCUT2D eigenvalue weighted by molar-refractivity contribution is 7.93. The minimum absolute atomic E-state index is 0.00787. The topological polar surface area (TPSA) is 80.5 Å². The zero-order valence-electron chi connectivity index (χ0n) is 12.8. The third-order valence-electron chi connectivity index (χ3n) is 4.10. The number of para-hydroxylation sites is 1. The van der Waals surface area contributed by atoms with Gasteiger partial charge in [0.05, 0.1) is 15.5 Å². The second-order valence-electron chi connectivity index (χ2n) is 5.62. The number of nitro benzene ring substituents is 1. The first kappa shape index (κ1) is 15.5. The molecule has 0 atom stereocenters. The SMILES string of the molecule is Cc1cc(C)c(S(=O)(=O)N2CCc3ccccc32)cc1[N+](=O)[O-]. The molecule has 0 fully saturated rings. The molecule has 0 aliphatic carbocycles. The van der Waals surface area contributed by atoms with Crippen LogP contribution in [0.25, 0.3) is 0 Å². The Morgan fingerprint density at radius 1 is 1.13 bits per heavy atom. The molecule has 3 rings (SSSR count). The van der Waals surface area contributed by atoms with E-state index in [1.165, 1.54) is 10.4 Å². The first-order chi connectivity index (χ1) is 10.8. The molecule has 1 aliphatic heterocycles. The van der Waals surface area contributed by atoms with Crippen LogP contribution in [0.4, 0.5) is 11.4 Å². The van der Waals surface area contributed by atoms with E-state index in [1.807, 2.05) is 12.1 Å². The molecule has 2 aromatic carbocycles. The molecule has 0 radical (unpaired) electrons. The number of rotatable bonds is 3. The lowest BCUT2D eigenvalue weighted by atomic mass is 10.1. The average molecular weight is 332 g/mol. The van der Waals surface area contributed by atoms with E-state index in [0.29, 0.717) is 29.8 Å². The maximum absolute atomic E-state index is 13.0. The van der Waals surface area contributed by atoms with Gasteiger partial charge in [-0.25, -0.2) is 8.42 Å². The zero-order valence-corrected chi connectivity index (χ0v) is 13.6. The van der Waals surface area contributed by atoms with Gasteiger partial charge in [-0.15, -0.1) is 0 Å². The van der Waals surface area contributed by atoms with Crippen LogP contribution >= 0.6 is 0 Å². The molecule has 120 valence electrons. The third kappa shape index (κ3) is 2.46. The van der Waals surface area contributed by atoms with Crippen molar-refractivity contribution in [2.75, 3.05) is 10.8 Å². The number of nitrogens with zero attached hydrogens (tertiary/aromatic N) is 2. The van der Waals surface area contributed by atoms with E-state index in [9.17, 15) is 18.5 Å². The zero-order chi connectivity index (χ0) is 16.8. The van der Waals surface area contributed by atoms with Crippen molar-refractivity contribution in [1.29, 1.82) is 0 Å². The van der Waals surface area contributed by atoms with Crippen LogP contribution in [0.5, 0.6) is 0 Å². The number of hydrogen-bond donors (Lipinski definition) is 0. The molecular weight excluding hydrogens is 316 g/mol. The molecule has 7 heteroatoms. The minimum Gasteiger partial charge on any atom is -0.266 e. The lowest BCUT2D eigenvalue weighted by Crippen LogP contribution is -2.29. The van der Waals surface area contributed by atoms with Crippen molar-refractivity contribution in [1.82, 2.24) is 0 Å². The minimum atomic E-state index is -3.83. The van der Waals surface area contributed by atoms with E-state index in [-0.39, 0.29) is 10.6 Å². The van der Waals surface area contributed by atoms with E-state index >= 15 is 0 Å². The van der Waals surface area contributed by atoms with Crippen LogP contribution in [0.1, 0.15) is 16.7 Å². The highest BCUT2D eigenvalue weighted by Crippen LogP contribution is 2.35. The predicted molar refractivity (Wildman–Crippen MR) is 87.2 cm³/mol. The van der Waals surface area contributed by atoms with Crippen molar-refractivity contribution in [2.24, 2.45) is 0 Å². The number of nitro groups is 1. The summed E-state index contributed by atoms with van der Waals surface area (Å²) in [5.74, 6) is 0. The predicted octanol–water partition coefficient (Wildman–Crippen LogP) is 2.96. The monoisotopic (exact) mass is 332 g/mol. The van der Waals surface area contributed by atoms with Crippen molar-refractivity contribution in [3.05, 3.63) is 63.2 Å². The van der Waals surface area contributed by atoms with Crippen LogP contribution in [-0.2, 0) is 16.4 Å². The molecule has 2 aromatic rings. The largest absolute Gasteiger partial charge is 0.273 e. The molecule has 0 saturated heterocycles. The fraction of sp³-hybridized carbons (Fsp3) is 0.250. The summed E-state index contributed by atoms with van der Waals surface area (Å²) in [6.07, 6.45) is 0.641. The maximum Gasteiger partial charge on any atom is 0.273 e. The second kappa shape index (κ2) is 5.34. The molecule has 0 aromatic heterocycles. The Morgan fingerprint density at radius 2 is 1.83 bits per heavy atom. The van der Waals surface area contributed by atoms with Crippen LogP contribution in [-0.4, -0.2) is 19.9 Å². The number of fused-ring (bicyclic) bond motifs is 1. The number of aryl methyl sites for hydroxylation is 2. The van der Waals surface area contributed by atoms with Crippen molar-refractivity contribution >= 4 is 21.4 Å². The van der Waals surface area contributed by atoms with Crippen LogP contribution in [0, 0.1) is 24.0 Å². The van der Waals surface area contributed by atoms with Gasteiger partial charge < -0.3 is 0 Å². The molecule has 1 heterocycles. The van der Waals surface area contributed by atoms with Gasteiger partial charge in [-0.3, -0.25) is 14.4 Å². The summed E-state index contributed by atoms with van der Waals surface area (Å²) >= 11 is 0. The summed E-state index contributed by atoms with van der Waals surface area (Å²) in [7, 11) is -3.83. The first-order valence-corrected chi connectivity index (χ1v) is 8.62. The van der Waals surface area contributed by atoms with E-state index in [4.69, 9.17) is 0 Å². The first-order valence-electron chi connectivity index (χ1n) is 7.18. The molecule has 6 nitrogen and oxygen atoms in total. The average Bonchev–Trinajstić information content (AvgIpc) is 2.91. The van der Waals surface area contributed by atoms with E-state index in [2.05, 4.69) is 0 Å². The van der Waals surface area contributed by atoms with E-state index < -0.39 is 14.9 Å². The van der Waals surface area contributed by atoms with Gasteiger partial charge in [-0.2, -0.15) is 0 Å². The normalized spacial score (nSPS) is 13.9. The van der Waals surface area contributed by atoms with Gasteiger partial charge in [0.1, 0.15) is 0 Å². The number of benzene rings is 2. The lowest BCUT2D eigenvalue weighted by molar-refractivity contribution is -0.385. The van der Waals surface area contributed by atoms with Crippen molar-refractivity contribution in [3.63, 3.8) is 0 Å². The van der Waals surface area contributed by atoms with Crippen LogP contribution in [0.15, 0.2) is 41.3 Å². The number of hydrogen-bond acceptors (Lipinski definition) is 4. The van der Waals surface area contributed by atoms with Gasteiger partial charge in [0.15, 0.2) is 0 Å². The fourth-order valence-electron chi connectivity index (χ4n) is 2.97. The summed E-state index contributed by atoms with van der Waals surface area (Å²) in [6, 6.07) is 10.0. The van der Waals surface area contributed by atoms with Crippen LogP contribution < -0.4 is 4.31 Å². The molecule has 0 spiro atoms. The summed E-state index contributed by atoms with van der Waals surface area (Å²) in [5, 5.41) is 11.1. The second-order valence-corrected chi connectivity index (χ2v) is 7.45. The Labute approximate surface area is 134 Å². The summed E-state index contributed by atoms with van der Waals surface area (Å²) in [4.78, 5) is 10.6. The molecule has 1 aliphatic rings. The van der Waals surface area contributed by atoms with Gasteiger partial charge in [0.25, 0.3) is 15.7 Å². The molecule has 0 N–H and O–H groups in total. The van der Waals surface area contributed by atoms with Gasteiger partial charge in [-0.05, 0) is 43.5 Å². The smallest absolute Gasteiger partial charge is 0.266 e. The van der Waals surface area contributed by atoms with Crippen molar-refractivity contribution < 1.29 is 13.3 Å². The Balaban J connectivity index is 2.15. The molecular formula is C16H16N2O4S. The summed E-state index contributed by atoms with van der Waals surface area (Å²) < 4.78 is 27.4. The molecule has 23 heavy (non-hydrogen) atoms. The fourth-order valence-corrected chi connectivity index (χ4v) is 4.71. The quantitative estimate of drug-likeness (QED) is 0.639. The standard InChI is InChI=1S/C16H16N2O4S/c1-11-9-12(2)16(10-15(11)18(19)20)23(21,22)17-8-7-13-5-3-4-6-14(13)17/h3-6,9-10H,7-8H2,1-2H3. The Bertz CT molecular complexity index is 906. The van der Waals surface area contributed by atoms with Gasteiger partial charge in [-0.1, -0.05) is 18.2 Å². The Kier molecular flexibility index (Phi) is 3.60. The Morgan fingerprint density at radius 3 is 2.52 bits per heavy atom. The third-order valence-corrected chi connectivity index (χ3v) is 6.06. The summed E-state index contributed by atoms with van der Waals surface area (Å²) in [6.45, 7) is 3.61. The van der Waals surface area contributed by atoms with Gasteiger partial charge in [0.2, 0.25) is 0 Å². The highest BCUT2D eigenvalue weighted by atomic mass is 32.2.